The summed E-state index contributed by atoms with van der Waals surface area (Å²) in [5.41, 5.74) is 3.33. The average Bonchev–Trinajstić information content (AvgIpc) is 2.58. The molecule has 0 heterocycles. The summed E-state index contributed by atoms with van der Waals surface area (Å²) in [6.07, 6.45) is 2.58. The van der Waals surface area contributed by atoms with Crippen molar-refractivity contribution in [3.05, 3.63) is 60.2 Å². The van der Waals surface area contributed by atoms with E-state index in [9.17, 15) is 5.11 Å². The second-order valence-corrected chi connectivity index (χ2v) is 6.54. The van der Waals surface area contributed by atoms with Crippen molar-refractivity contribution in [2.45, 2.75) is 39.2 Å². The predicted octanol–water partition coefficient (Wildman–Crippen LogP) is 4.80. The molecule has 124 valence electrons. The fraction of sp³-hybridized carbons (Fsp3) is 0.429. The molecule has 0 aliphatic rings. The molecule has 0 fully saturated rings. The van der Waals surface area contributed by atoms with E-state index in [0.29, 0.717) is 0 Å². The van der Waals surface area contributed by atoms with Crippen LogP contribution in [0, 0.1) is 5.92 Å². The van der Waals surface area contributed by atoms with Gasteiger partial charge in [0, 0.05) is 0 Å². The second-order valence-electron chi connectivity index (χ2n) is 6.54. The van der Waals surface area contributed by atoms with Crippen LogP contribution in [-0.4, -0.2) is 18.2 Å². The molecule has 0 aliphatic heterocycles. The van der Waals surface area contributed by atoms with E-state index in [4.69, 9.17) is 0 Å². The third-order valence-electron chi connectivity index (χ3n) is 4.13. The molecule has 0 saturated carbocycles. The van der Waals surface area contributed by atoms with Crippen LogP contribution in [0.15, 0.2) is 54.6 Å². The van der Waals surface area contributed by atoms with Gasteiger partial charge in [0.15, 0.2) is 0 Å². The summed E-state index contributed by atoms with van der Waals surface area (Å²) < 4.78 is 0. The Kier molecular flexibility index (Phi) is 7.31. The number of rotatable bonds is 9. The minimum absolute atomic E-state index is 0.404. The van der Waals surface area contributed by atoms with Crippen molar-refractivity contribution in [3.8, 4) is 11.1 Å². The summed E-state index contributed by atoms with van der Waals surface area (Å²) >= 11 is 0. The first kappa shape index (κ1) is 17.7. The second kappa shape index (κ2) is 9.49. The minimum atomic E-state index is -0.404. The first-order valence-electron chi connectivity index (χ1n) is 8.71. The summed E-state index contributed by atoms with van der Waals surface area (Å²) in [6.45, 7) is 6.52. The third kappa shape index (κ3) is 5.81. The van der Waals surface area contributed by atoms with Crippen LogP contribution in [-0.2, 0) is 0 Å². The Hall–Kier alpha value is -1.64. The van der Waals surface area contributed by atoms with E-state index >= 15 is 0 Å². The summed E-state index contributed by atoms with van der Waals surface area (Å²) in [4.78, 5) is 0. The highest BCUT2D eigenvalue weighted by atomic mass is 16.3. The maximum absolute atomic E-state index is 10.6. The van der Waals surface area contributed by atoms with Gasteiger partial charge in [-0.1, -0.05) is 68.4 Å². The van der Waals surface area contributed by atoms with Crippen molar-refractivity contribution in [3.63, 3.8) is 0 Å². The Morgan fingerprint density at radius 3 is 2.30 bits per heavy atom. The van der Waals surface area contributed by atoms with Gasteiger partial charge in [-0.2, -0.15) is 0 Å². The molecule has 0 aliphatic carbocycles. The molecule has 23 heavy (non-hydrogen) atoms. The van der Waals surface area contributed by atoms with E-state index in [1.165, 1.54) is 6.42 Å². The molecule has 2 aromatic carbocycles. The fourth-order valence-electron chi connectivity index (χ4n) is 2.76. The van der Waals surface area contributed by atoms with Crippen molar-refractivity contribution >= 4 is 0 Å². The molecule has 1 unspecified atom stereocenters. The van der Waals surface area contributed by atoms with E-state index < -0.39 is 6.10 Å². The Bertz CT molecular complexity index is 565. The molecule has 0 amide bonds. The van der Waals surface area contributed by atoms with Crippen molar-refractivity contribution in [1.29, 1.82) is 0 Å². The van der Waals surface area contributed by atoms with Gasteiger partial charge >= 0.3 is 0 Å². The fourth-order valence-corrected chi connectivity index (χ4v) is 2.76. The largest absolute Gasteiger partial charge is 0.388 e. The molecule has 0 saturated heterocycles. The van der Waals surface area contributed by atoms with Crippen molar-refractivity contribution in [1.82, 2.24) is 5.32 Å². The molecular weight excluding hydrogens is 282 g/mol. The van der Waals surface area contributed by atoms with Crippen LogP contribution in [0.5, 0.6) is 0 Å². The summed E-state index contributed by atoms with van der Waals surface area (Å²) in [5.74, 6) is 0.742. The molecule has 0 spiro atoms. The van der Waals surface area contributed by atoms with Crippen LogP contribution < -0.4 is 5.32 Å². The number of hydrogen-bond acceptors (Lipinski definition) is 2. The van der Waals surface area contributed by atoms with Gasteiger partial charge in [0.05, 0.1) is 6.10 Å². The van der Waals surface area contributed by atoms with E-state index in [1.54, 1.807) is 0 Å². The van der Waals surface area contributed by atoms with Crippen molar-refractivity contribution < 1.29 is 5.11 Å². The Morgan fingerprint density at radius 2 is 1.57 bits per heavy atom. The van der Waals surface area contributed by atoms with Gasteiger partial charge in [0.2, 0.25) is 0 Å². The zero-order chi connectivity index (χ0) is 16.5. The monoisotopic (exact) mass is 311 g/mol. The van der Waals surface area contributed by atoms with Gasteiger partial charge in [-0.05, 0) is 55.0 Å². The van der Waals surface area contributed by atoms with E-state index in [2.05, 4.69) is 37.4 Å². The molecule has 2 rings (SSSR count). The molecule has 0 bridgehead atoms. The lowest BCUT2D eigenvalue weighted by molar-refractivity contribution is 0.165. The highest BCUT2D eigenvalue weighted by Crippen LogP contribution is 2.30. The quantitative estimate of drug-likeness (QED) is 0.652. The lowest BCUT2D eigenvalue weighted by Crippen LogP contribution is -2.18. The zero-order valence-corrected chi connectivity index (χ0v) is 14.3. The van der Waals surface area contributed by atoms with Crippen LogP contribution in [0.1, 0.15) is 44.8 Å². The van der Waals surface area contributed by atoms with E-state index in [-0.39, 0.29) is 0 Å². The van der Waals surface area contributed by atoms with Gasteiger partial charge in [0.25, 0.3) is 0 Å². The lowest BCUT2D eigenvalue weighted by atomic mass is 9.94. The molecule has 2 heteroatoms. The van der Waals surface area contributed by atoms with Crippen LogP contribution in [0.4, 0.5) is 0 Å². The highest BCUT2D eigenvalue weighted by molar-refractivity contribution is 5.67. The molecule has 0 radical (unpaired) electrons. The maximum Gasteiger partial charge on any atom is 0.0796 e. The lowest BCUT2D eigenvalue weighted by Gasteiger charge is -2.16. The standard InChI is InChI=1S/C21H29NO/c1-17(2)14-16-22-15-8-13-21(23)20-12-7-6-11-19(20)18-9-4-3-5-10-18/h3-7,9-12,17,21-23H,8,13-16H2,1-2H3. The SMILES string of the molecule is CC(C)CCNCCCC(O)c1ccccc1-c1ccccc1. The van der Waals surface area contributed by atoms with Crippen LogP contribution in [0.2, 0.25) is 0 Å². The number of aliphatic hydroxyl groups is 1. The predicted molar refractivity (Wildman–Crippen MR) is 98.4 cm³/mol. The van der Waals surface area contributed by atoms with Crippen molar-refractivity contribution in [2.75, 3.05) is 13.1 Å². The van der Waals surface area contributed by atoms with Gasteiger partial charge < -0.3 is 10.4 Å². The summed E-state index contributed by atoms with van der Waals surface area (Å²) in [6, 6.07) is 18.5. The summed E-state index contributed by atoms with van der Waals surface area (Å²) in [5, 5.41) is 14.0. The normalized spacial score (nSPS) is 12.5. The molecule has 2 N–H and O–H groups in total. The number of aliphatic hydroxyl groups excluding tert-OH is 1. The number of hydrogen-bond donors (Lipinski definition) is 2. The van der Waals surface area contributed by atoms with E-state index in [0.717, 1.165) is 48.5 Å². The summed E-state index contributed by atoms with van der Waals surface area (Å²) in [7, 11) is 0. The Morgan fingerprint density at radius 1 is 0.870 bits per heavy atom. The van der Waals surface area contributed by atoms with Gasteiger partial charge in [-0.25, -0.2) is 0 Å². The van der Waals surface area contributed by atoms with Crippen LogP contribution in [0.3, 0.4) is 0 Å². The van der Waals surface area contributed by atoms with E-state index in [1.807, 2.05) is 36.4 Å². The molecule has 0 aromatic heterocycles. The van der Waals surface area contributed by atoms with Crippen molar-refractivity contribution in [2.24, 2.45) is 5.92 Å². The molecular formula is C21H29NO. The van der Waals surface area contributed by atoms with Gasteiger partial charge in [-0.3, -0.25) is 0 Å². The van der Waals surface area contributed by atoms with Gasteiger partial charge in [-0.15, -0.1) is 0 Å². The zero-order valence-electron chi connectivity index (χ0n) is 14.3. The first-order chi connectivity index (χ1) is 11.2. The maximum atomic E-state index is 10.6. The average molecular weight is 311 g/mol. The smallest absolute Gasteiger partial charge is 0.0796 e. The molecule has 2 nitrogen and oxygen atoms in total. The molecule has 2 aromatic rings. The van der Waals surface area contributed by atoms with Gasteiger partial charge in [0.1, 0.15) is 0 Å². The van der Waals surface area contributed by atoms with Crippen LogP contribution in [0.25, 0.3) is 11.1 Å². The first-order valence-corrected chi connectivity index (χ1v) is 8.71. The number of nitrogens with one attached hydrogen (secondary N) is 1. The number of benzene rings is 2. The molecule has 1 atom stereocenters. The third-order valence-corrected chi connectivity index (χ3v) is 4.13. The topological polar surface area (TPSA) is 32.3 Å². The minimum Gasteiger partial charge on any atom is -0.388 e. The highest BCUT2D eigenvalue weighted by Gasteiger charge is 2.12. The Balaban J connectivity index is 1.89. The Labute approximate surface area is 140 Å². The van der Waals surface area contributed by atoms with Crippen LogP contribution >= 0.6 is 0 Å².